The number of rotatable bonds is 4. The van der Waals surface area contributed by atoms with E-state index < -0.39 is 6.10 Å². The summed E-state index contributed by atoms with van der Waals surface area (Å²) in [6.07, 6.45) is 2.13. The van der Waals surface area contributed by atoms with Crippen LogP contribution in [0.25, 0.3) is 11.0 Å². The molecule has 2 aromatic heterocycles. The van der Waals surface area contributed by atoms with E-state index in [1.807, 2.05) is 24.3 Å². The molecule has 1 unspecified atom stereocenters. The zero-order valence-electron chi connectivity index (χ0n) is 12.9. The molecule has 2 heterocycles. The van der Waals surface area contributed by atoms with Crippen molar-refractivity contribution in [3.8, 4) is 11.6 Å². The Balaban J connectivity index is 1.56. The van der Waals surface area contributed by atoms with E-state index in [-0.39, 0.29) is 11.0 Å². The van der Waals surface area contributed by atoms with Crippen LogP contribution in [0.3, 0.4) is 0 Å². The number of aromatic amines is 1. The summed E-state index contributed by atoms with van der Waals surface area (Å²) >= 11 is 5.92. The second-order valence-corrected chi connectivity index (χ2v) is 5.72. The summed E-state index contributed by atoms with van der Waals surface area (Å²) in [7, 11) is 0. The van der Waals surface area contributed by atoms with E-state index in [0.717, 1.165) is 11.0 Å². The molecule has 25 heavy (non-hydrogen) atoms. The largest absolute Gasteiger partial charge is 0.436 e. The van der Waals surface area contributed by atoms with E-state index in [0.29, 0.717) is 17.1 Å². The number of aliphatic hydroxyl groups excluding tert-OH is 1. The zero-order chi connectivity index (χ0) is 17.2. The van der Waals surface area contributed by atoms with Gasteiger partial charge in [-0.2, -0.15) is 0 Å². The first kappa shape index (κ1) is 15.6. The molecule has 2 N–H and O–H groups in total. The number of hydrogen-bond acceptors (Lipinski definition) is 5. The third kappa shape index (κ3) is 3.17. The molecular formula is C18H13ClN4O2. The third-order valence-corrected chi connectivity index (χ3v) is 3.96. The zero-order valence-corrected chi connectivity index (χ0v) is 13.7. The monoisotopic (exact) mass is 352 g/mol. The lowest BCUT2D eigenvalue weighted by Gasteiger charge is -2.10. The highest BCUT2D eigenvalue weighted by Crippen LogP contribution is 2.27. The fraction of sp³-hybridized carbons (Fsp3) is 0.0556. The number of nitrogens with one attached hydrogen (secondary N) is 1. The van der Waals surface area contributed by atoms with Gasteiger partial charge in [-0.15, -0.1) is 0 Å². The number of aliphatic hydroxyl groups is 1. The van der Waals surface area contributed by atoms with Gasteiger partial charge in [0.1, 0.15) is 17.7 Å². The van der Waals surface area contributed by atoms with Crippen molar-refractivity contribution < 1.29 is 9.84 Å². The molecule has 0 aliphatic rings. The molecule has 0 amide bonds. The van der Waals surface area contributed by atoms with E-state index in [1.54, 1.807) is 24.3 Å². The number of fused-ring (bicyclic) bond motifs is 1. The van der Waals surface area contributed by atoms with Crippen LogP contribution in [0.15, 0.2) is 60.9 Å². The van der Waals surface area contributed by atoms with Gasteiger partial charge in [0.2, 0.25) is 0 Å². The van der Waals surface area contributed by atoms with Gasteiger partial charge in [0.15, 0.2) is 5.15 Å². The maximum Gasteiger partial charge on any atom is 0.257 e. The molecular weight excluding hydrogens is 340 g/mol. The van der Waals surface area contributed by atoms with Gasteiger partial charge >= 0.3 is 0 Å². The fourth-order valence-corrected chi connectivity index (χ4v) is 2.61. The Bertz CT molecular complexity index is 984. The SMILES string of the molecule is OC(c1ccc(Oc2nccnc2Cl)cc1)c1nc2ccccc2[nH]1. The molecule has 0 saturated heterocycles. The minimum atomic E-state index is -0.860. The Labute approximate surface area is 148 Å². The van der Waals surface area contributed by atoms with E-state index in [9.17, 15) is 5.11 Å². The minimum absolute atomic E-state index is 0.189. The number of benzene rings is 2. The Morgan fingerprint density at radius 1 is 1.00 bits per heavy atom. The molecule has 0 radical (unpaired) electrons. The smallest absolute Gasteiger partial charge is 0.257 e. The van der Waals surface area contributed by atoms with Gasteiger partial charge in [0, 0.05) is 12.4 Å². The van der Waals surface area contributed by atoms with Crippen LogP contribution < -0.4 is 4.74 Å². The van der Waals surface area contributed by atoms with Crippen molar-refractivity contribution in [1.29, 1.82) is 0 Å². The van der Waals surface area contributed by atoms with Crippen LogP contribution >= 0.6 is 11.6 Å². The van der Waals surface area contributed by atoms with Crippen molar-refractivity contribution in [2.75, 3.05) is 0 Å². The quantitative estimate of drug-likeness (QED) is 0.582. The van der Waals surface area contributed by atoms with Gasteiger partial charge in [0.25, 0.3) is 5.88 Å². The van der Waals surface area contributed by atoms with E-state index in [4.69, 9.17) is 16.3 Å². The maximum atomic E-state index is 10.5. The van der Waals surface area contributed by atoms with E-state index in [1.165, 1.54) is 12.4 Å². The van der Waals surface area contributed by atoms with Crippen molar-refractivity contribution >= 4 is 22.6 Å². The summed E-state index contributed by atoms with van der Waals surface area (Å²) in [5.74, 6) is 1.27. The Kier molecular flexibility index (Phi) is 4.05. The van der Waals surface area contributed by atoms with Crippen molar-refractivity contribution in [3.05, 3.63) is 77.5 Å². The molecule has 2 aromatic carbocycles. The molecule has 4 aromatic rings. The number of imidazole rings is 1. The fourth-order valence-electron chi connectivity index (χ4n) is 2.47. The molecule has 0 fully saturated rings. The predicted molar refractivity (Wildman–Crippen MR) is 93.7 cm³/mol. The Morgan fingerprint density at radius 2 is 1.76 bits per heavy atom. The Hall–Kier alpha value is -2.96. The van der Waals surface area contributed by atoms with Crippen LogP contribution in [0.5, 0.6) is 11.6 Å². The van der Waals surface area contributed by atoms with Crippen LogP contribution in [-0.2, 0) is 0 Å². The van der Waals surface area contributed by atoms with Crippen molar-refractivity contribution in [3.63, 3.8) is 0 Å². The second-order valence-electron chi connectivity index (χ2n) is 5.37. The molecule has 0 spiro atoms. The lowest BCUT2D eigenvalue weighted by atomic mass is 10.1. The summed E-state index contributed by atoms with van der Waals surface area (Å²) in [6, 6.07) is 14.6. The van der Waals surface area contributed by atoms with Crippen LogP contribution in [-0.4, -0.2) is 25.0 Å². The van der Waals surface area contributed by atoms with Gasteiger partial charge in [-0.3, -0.25) is 0 Å². The molecule has 124 valence electrons. The van der Waals surface area contributed by atoms with Gasteiger partial charge < -0.3 is 14.8 Å². The highest BCUT2D eigenvalue weighted by molar-refractivity contribution is 6.30. The second kappa shape index (κ2) is 6.51. The molecule has 4 rings (SSSR count). The van der Waals surface area contributed by atoms with Gasteiger partial charge in [-0.25, -0.2) is 15.0 Å². The lowest BCUT2D eigenvalue weighted by Crippen LogP contribution is -2.01. The third-order valence-electron chi connectivity index (χ3n) is 3.70. The van der Waals surface area contributed by atoms with Crippen molar-refractivity contribution in [2.24, 2.45) is 0 Å². The lowest BCUT2D eigenvalue weighted by molar-refractivity contribution is 0.211. The summed E-state index contributed by atoms with van der Waals surface area (Å²) in [5.41, 5.74) is 2.39. The average Bonchev–Trinajstić information content (AvgIpc) is 3.08. The number of ether oxygens (including phenoxy) is 1. The Morgan fingerprint density at radius 3 is 2.52 bits per heavy atom. The molecule has 0 aliphatic carbocycles. The first-order chi connectivity index (χ1) is 12.2. The van der Waals surface area contributed by atoms with Gasteiger partial charge in [0.05, 0.1) is 11.0 Å². The van der Waals surface area contributed by atoms with Crippen LogP contribution in [0.2, 0.25) is 5.15 Å². The predicted octanol–water partition coefficient (Wildman–Crippen LogP) is 3.88. The first-order valence-corrected chi connectivity index (χ1v) is 7.95. The number of halogens is 1. The van der Waals surface area contributed by atoms with Crippen LogP contribution in [0, 0.1) is 0 Å². The first-order valence-electron chi connectivity index (χ1n) is 7.58. The minimum Gasteiger partial charge on any atom is -0.436 e. The molecule has 7 heteroatoms. The van der Waals surface area contributed by atoms with Crippen molar-refractivity contribution in [1.82, 2.24) is 19.9 Å². The molecule has 6 nitrogen and oxygen atoms in total. The number of H-pyrrole nitrogens is 1. The van der Waals surface area contributed by atoms with E-state index >= 15 is 0 Å². The topological polar surface area (TPSA) is 83.9 Å². The van der Waals surface area contributed by atoms with Crippen LogP contribution in [0.1, 0.15) is 17.5 Å². The molecule has 0 bridgehead atoms. The van der Waals surface area contributed by atoms with Crippen molar-refractivity contribution in [2.45, 2.75) is 6.10 Å². The number of hydrogen-bond donors (Lipinski definition) is 2. The highest BCUT2D eigenvalue weighted by Gasteiger charge is 2.15. The number of nitrogens with zero attached hydrogens (tertiary/aromatic N) is 3. The van der Waals surface area contributed by atoms with Gasteiger partial charge in [-0.05, 0) is 29.8 Å². The summed E-state index contributed by atoms with van der Waals surface area (Å²) in [5, 5.41) is 10.7. The number of aromatic nitrogens is 4. The molecule has 1 atom stereocenters. The standard InChI is InChI=1S/C18H13ClN4O2/c19-16-18(21-10-9-20-16)25-12-7-5-11(6-8-12)15(24)17-22-13-3-1-2-4-14(13)23-17/h1-10,15,24H,(H,22,23). The average molecular weight is 353 g/mol. The molecule has 0 saturated carbocycles. The molecule has 0 aliphatic heterocycles. The van der Waals surface area contributed by atoms with Crippen LogP contribution in [0.4, 0.5) is 0 Å². The maximum absolute atomic E-state index is 10.5. The normalized spacial score (nSPS) is 12.2. The van der Waals surface area contributed by atoms with E-state index in [2.05, 4.69) is 19.9 Å². The summed E-state index contributed by atoms with van der Waals surface area (Å²) in [6.45, 7) is 0. The highest BCUT2D eigenvalue weighted by atomic mass is 35.5. The summed E-state index contributed by atoms with van der Waals surface area (Å²) < 4.78 is 5.59. The number of para-hydroxylation sites is 2. The van der Waals surface area contributed by atoms with Gasteiger partial charge in [-0.1, -0.05) is 35.9 Å². The summed E-state index contributed by atoms with van der Waals surface area (Å²) in [4.78, 5) is 15.5.